The molecular weight excluding hydrogens is 421 g/mol. The molecule has 0 aliphatic carbocycles. The second kappa shape index (κ2) is 11.2. The molecule has 0 radical (unpaired) electrons. The van der Waals surface area contributed by atoms with Gasteiger partial charge >= 0.3 is 0 Å². The molecule has 7 heteroatoms. The maximum absolute atomic E-state index is 5.84. The highest BCUT2D eigenvalue weighted by Gasteiger charge is 2.19. The summed E-state index contributed by atoms with van der Waals surface area (Å²) in [6, 6.07) is 0. The fraction of sp³-hybridized carbons (Fsp3) is 0.750. The molecule has 23 heavy (non-hydrogen) atoms. The summed E-state index contributed by atoms with van der Waals surface area (Å²) in [5, 5.41) is 6.58. The Morgan fingerprint density at radius 3 is 2.78 bits per heavy atom. The SMILES string of the molecule is CCCNC(N)=NCC1CCN(Cc2csc(CC)n2)CC1.I. The summed E-state index contributed by atoms with van der Waals surface area (Å²) in [7, 11) is 0. The normalized spacial score (nSPS) is 17.0. The zero-order chi connectivity index (χ0) is 15.8. The minimum Gasteiger partial charge on any atom is -0.370 e. The van der Waals surface area contributed by atoms with Gasteiger partial charge in [0, 0.05) is 25.0 Å². The third-order valence-electron chi connectivity index (χ3n) is 4.07. The monoisotopic (exact) mass is 451 g/mol. The first-order chi connectivity index (χ1) is 10.7. The minimum absolute atomic E-state index is 0. The van der Waals surface area contributed by atoms with Crippen LogP contribution in [-0.2, 0) is 13.0 Å². The molecule has 0 spiro atoms. The fourth-order valence-corrected chi connectivity index (χ4v) is 3.41. The van der Waals surface area contributed by atoms with Crippen molar-refractivity contribution >= 4 is 41.3 Å². The van der Waals surface area contributed by atoms with Crippen molar-refractivity contribution < 1.29 is 0 Å². The van der Waals surface area contributed by atoms with E-state index >= 15 is 0 Å². The second-order valence-corrected chi connectivity index (χ2v) is 6.90. The highest BCUT2D eigenvalue weighted by atomic mass is 127. The predicted octanol–water partition coefficient (Wildman–Crippen LogP) is 2.85. The average molecular weight is 451 g/mol. The van der Waals surface area contributed by atoms with Crippen LogP contribution < -0.4 is 11.1 Å². The lowest BCUT2D eigenvalue weighted by molar-refractivity contribution is 0.179. The van der Waals surface area contributed by atoms with Gasteiger partial charge in [-0.3, -0.25) is 9.89 Å². The van der Waals surface area contributed by atoms with E-state index in [2.05, 4.69) is 39.4 Å². The molecule has 1 aromatic rings. The van der Waals surface area contributed by atoms with E-state index < -0.39 is 0 Å². The topological polar surface area (TPSA) is 66.5 Å². The molecule has 2 rings (SSSR count). The molecule has 0 bridgehead atoms. The van der Waals surface area contributed by atoms with Crippen LogP contribution in [0.4, 0.5) is 0 Å². The maximum Gasteiger partial charge on any atom is 0.188 e. The lowest BCUT2D eigenvalue weighted by Crippen LogP contribution is -2.36. The number of aryl methyl sites for hydroxylation is 1. The van der Waals surface area contributed by atoms with Gasteiger partial charge in [-0.25, -0.2) is 4.98 Å². The molecule has 0 unspecified atom stereocenters. The van der Waals surface area contributed by atoms with Crippen LogP contribution in [-0.4, -0.2) is 42.0 Å². The van der Waals surface area contributed by atoms with E-state index in [1.165, 1.54) is 23.5 Å². The van der Waals surface area contributed by atoms with Gasteiger partial charge in [0.2, 0.25) is 0 Å². The summed E-state index contributed by atoms with van der Waals surface area (Å²) in [6.45, 7) is 9.32. The number of thiazole rings is 1. The van der Waals surface area contributed by atoms with E-state index in [1.54, 1.807) is 11.3 Å². The first-order valence-corrected chi connectivity index (χ1v) is 9.28. The van der Waals surface area contributed by atoms with E-state index in [9.17, 15) is 0 Å². The van der Waals surface area contributed by atoms with Crippen molar-refractivity contribution in [2.75, 3.05) is 26.2 Å². The van der Waals surface area contributed by atoms with Crippen molar-refractivity contribution in [1.29, 1.82) is 0 Å². The highest BCUT2D eigenvalue weighted by Crippen LogP contribution is 2.20. The standard InChI is InChI=1S/C16H29N5S.HI/c1-3-7-18-16(17)19-10-13-5-8-21(9-6-13)11-14-12-22-15(4-2)20-14;/h12-13H,3-11H2,1-2H3,(H3,17,18,19);1H. The number of rotatable bonds is 7. The zero-order valence-electron chi connectivity index (χ0n) is 14.3. The highest BCUT2D eigenvalue weighted by molar-refractivity contribution is 14.0. The average Bonchev–Trinajstić information content (AvgIpc) is 3.00. The lowest BCUT2D eigenvalue weighted by Gasteiger charge is -2.30. The van der Waals surface area contributed by atoms with Gasteiger partial charge in [0.25, 0.3) is 0 Å². The van der Waals surface area contributed by atoms with Gasteiger partial charge in [0.15, 0.2) is 5.96 Å². The van der Waals surface area contributed by atoms with E-state index in [0.29, 0.717) is 11.9 Å². The molecule has 1 saturated heterocycles. The van der Waals surface area contributed by atoms with Crippen molar-refractivity contribution in [3.05, 3.63) is 16.1 Å². The Balaban J connectivity index is 0.00000264. The zero-order valence-corrected chi connectivity index (χ0v) is 17.4. The number of guanidine groups is 1. The van der Waals surface area contributed by atoms with E-state index in [-0.39, 0.29) is 24.0 Å². The molecule has 1 aliphatic rings. The molecule has 0 atom stereocenters. The van der Waals surface area contributed by atoms with Crippen LogP contribution in [0, 0.1) is 5.92 Å². The summed E-state index contributed by atoms with van der Waals surface area (Å²) in [5.74, 6) is 1.26. The number of aromatic nitrogens is 1. The molecule has 5 nitrogen and oxygen atoms in total. The molecule has 1 aromatic heterocycles. The van der Waals surface area contributed by atoms with Gasteiger partial charge in [0.1, 0.15) is 0 Å². The number of aliphatic imine (C=N–C) groups is 1. The lowest BCUT2D eigenvalue weighted by atomic mass is 9.97. The number of hydrogen-bond acceptors (Lipinski definition) is 4. The third-order valence-corrected chi connectivity index (χ3v) is 5.11. The molecule has 1 aliphatic heterocycles. The van der Waals surface area contributed by atoms with Gasteiger partial charge in [-0.15, -0.1) is 35.3 Å². The number of nitrogens with zero attached hydrogens (tertiary/aromatic N) is 3. The van der Waals surface area contributed by atoms with Crippen LogP contribution in [0.5, 0.6) is 0 Å². The summed E-state index contributed by atoms with van der Waals surface area (Å²) in [5.41, 5.74) is 7.07. The molecule has 0 saturated carbocycles. The number of halogens is 1. The Bertz CT molecular complexity index is 469. The molecule has 132 valence electrons. The van der Waals surface area contributed by atoms with Gasteiger partial charge < -0.3 is 11.1 Å². The second-order valence-electron chi connectivity index (χ2n) is 5.96. The quantitative estimate of drug-likeness (QED) is 0.380. The molecular formula is C16H30IN5S. The van der Waals surface area contributed by atoms with E-state index in [1.807, 2.05) is 0 Å². The van der Waals surface area contributed by atoms with Crippen LogP contribution >= 0.6 is 35.3 Å². The Kier molecular flexibility index (Phi) is 10.0. The number of nitrogens with two attached hydrogens (primary N) is 1. The molecule has 1 fully saturated rings. The van der Waals surface area contributed by atoms with Crippen molar-refractivity contribution in [2.45, 2.75) is 46.1 Å². The van der Waals surface area contributed by atoms with Gasteiger partial charge in [0.05, 0.1) is 10.7 Å². The van der Waals surface area contributed by atoms with Crippen molar-refractivity contribution in [2.24, 2.45) is 16.6 Å². The fourth-order valence-electron chi connectivity index (χ4n) is 2.68. The number of likely N-dealkylation sites (tertiary alicyclic amines) is 1. The third kappa shape index (κ3) is 7.34. The van der Waals surface area contributed by atoms with Gasteiger partial charge in [-0.2, -0.15) is 0 Å². The summed E-state index contributed by atoms with van der Waals surface area (Å²) >= 11 is 1.78. The minimum atomic E-state index is 0. The van der Waals surface area contributed by atoms with Gasteiger partial charge in [-0.05, 0) is 44.7 Å². The summed E-state index contributed by atoms with van der Waals surface area (Å²) in [4.78, 5) is 11.6. The first-order valence-electron chi connectivity index (χ1n) is 8.40. The van der Waals surface area contributed by atoms with E-state index in [0.717, 1.165) is 45.6 Å². The van der Waals surface area contributed by atoms with Gasteiger partial charge in [-0.1, -0.05) is 13.8 Å². The van der Waals surface area contributed by atoms with E-state index in [4.69, 9.17) is 5.73 Å². The summed E-state index contributed by atoms with van der Waals surface area (Å²) < 4.78 is 0. The van der Waals surface area contributed by atoms with Crippen LogP contribution in [0.2, 0.25) is 0 Å². The maximum atomic E-state index is 5.84. The van der Waals surface area contributed by atoms with Crippen LogP contribution in [0.3, 0.4) is 0 Å². The van der Waals surface area contributed by atoms with Crippen molar-refractivity contribution in [3.63, 3.8) is 0 Å². The largest absolute Gasteiger partial charge is 0.370 e. The molecule has 0 amide bonds. The first kappa shape index (κ1) is 20.6. The molecule has 2 heterocycles. The van der Waals surface area contributed by atoms with Crippen molar-refractivity contribution in [1.82, 2.24) is 15.2 Å². The Morgan fingerprint density at radius 2 is 2.17 bits per heavy atom. The number of nitrogens with one attached hydrogen (secondary N) is 1. The van der Waals surface area contributed by atoms with Crippen LogP contribution in [0.25, 0.3) is 0 Å². The Morgan fingerprint density at radius 1 is 1.43 bits per heavy atom. The molecule has 0 aromatic carbocycles. The number of piperidine rings is 1. The smallest absolute Gasteiger partial charge is 0.188 e. The van der Waals surface area contributed by atoms with Crippen LogP contribution in [0.1, 0.15) is 43.8 Å². The summed E-state index contributed by atoms with van der Waals surface area (Å²) in [6.07, 6.45) is 4.52. The Labute approximate surface area is 161 Å². The van der Waals surface area contributed by atoms with Crippen molar-refractivity contribution in [3.8, 4) is 0 Å². The molecule has 3 N–H and O–H groups in total. The van der Waals surface area contributed by atoms with Crippen LogP contribution in [0.15, 0.2) is 10.4 Å². The predicted molar refractivity (Wildman–Crippen MR) is 110 cm³/mol. The number of hydrogen-bond donors (Lipinski definition) is 2. The Hall–Kier alpha value is -0.410.